The Kier molecular flexibility index (Phi) is 2.47. The first-order valence-corrected chi connectivity index (χ1v) is 8.21. The zero-order valence-corrected chi connectivity index (χ0v) is 12.4. The van der Waals surface area contributed by atoms with Gasteiger partial charge < -0.3 is 0 Å². The van der Waals surface area contributed by atoms with Crippen LogP contribution in [0, 0.1) is 0 Å². The third kappa shape index (κ3) is 1.41. The highest BCUT2D eigenvalue weighted by molar-refractivity contribution is 14.1. The fourth-order valence-electron chi connectivity index (χ4n) is 2.34. The Balaban J connectivity index is 2.09. The van der Waals surface area contributed by atoms with Gasteiger partial charge in [-0.15, -0.1) is 10.2 Å². The van der Waals surface area contributed by atoms with Gasteiger partial charge in [-0.05, 0) is 6.07 Å². The van der Waals surface area contributed by atoms with Gasteiger partial charge in [0.25, 0.3) is 0 Å². The van der Waals surface area contributed by atoms with Crippen LogP contribution in [0.25, 0.3) is 22.4 Å². The van der Waals surface area contributed by atoms with E-state index in [4.69, 9.17) is 4.98 Å². The normalized spacial score (nSPS) is 18.6. The van der Waals surface area contributed by atoms with E-state index in [0.717, 1.165) is 37.8 Å². The number of para-hydroxylation sites is 1. The molecule has 0 saturated carbocycles. The molecule has 1 aromatic rings. The second kappa shape index (κ2) is 4.06. The van der Waals surface area contributed by atoms with Crippen molar-refractivity contribution >= 4 is 45.3 Å². The number of fused-ring (bicyclic) bond motifs is 5. The van der Waals surface area contributed by atoms with E-state index in [-0.39, 0.29) is 0 Å². The second-order valence-electron chi connectivity index (χ2n) is 4.27. The Labute approximate surface area is 122 Å². The number of hydrogen-bond donors (Lipinski definition) is 0. The number of thioether (sulfide) groups is 1. The van der Waals surface area contributed by atoms with Crippen molar-refractivity contribution in [2.24, 2.45) is 0 Å². The molecule has 3 aliphatic heterocycles. The molecule has 4 nitrogen and oxygen atoms in total. The van der Waals surface area contributed by atoms with E-state index in [1.807, 2.05) is 18.2 Å². The van der Waals surface area contributed by atoms with Gasteiger partial charge in [0.15, 0.2) is 11.0 Å². The largest absolute Gasteiger partial charge is 0.297 e. The molecule has 0 saturated heterocycles. The Morgan fingerprint density at radius 2 is 2.22 bits per heavy atom. The van der Waals surface area contributed by atoms with Crippen LogP contribution in [0.15, 0.2) is 29.4 Å². The van der Waals surface area contributed by atoms with Crippen molar-refractivity contribution in [2.75, 3.05) is 10.2 Å². The molecule has 6 heteroatoms. The van der Waals surface area contributed by atoms with Gasteiger partial charge in [-0.25, -0.2) is 4.98 Å². The van der Waals surface area contributed by atoms with Crippen LogP contribution in [-0.4, -0.2) is 29.9 Å². The summed E-state index contributed by atoms with van der Waals surface area (Å²) in [5, 5.41) is 10.8. The number of rotatable bonds is 1. The molecular weight excluding hydrogens is 359 g/mol. The summed E-state index contributed by atoms with van der Waals surface area (Å²) in [4.78, 5) is 4.73. The molecule has 4 rings (SSSR count). The minimum atomic E-state index is 0.480. The van der Waals surface area contributed by atoms with Gasteiger partial charge in [0.2, 0.25) is 0 Å². The summed E-state index contributed by atoms with van der Waals surface area (Å²) in [5.74, 6) is 2.05. The van der Waals surface area contributed by atoms with E-state index in [1.165, 1.54) is 0 Å². The average Bonchev–Trinajstić information content (AvgIpc) is 2.98. The van der Waals surface area contributed by atoms with Crippen molar-refractivity contribution < 1.29 is 0 Å². The standard InChI is InChI=1S/C12H9IN4S/c13-5-7-6-18-12-16-15-10-8-3-1-2-4-9(8)14-11(10)17(7)12/h1-4,7H,5-6H2/t7-/m1/s1. The number of nitrogens with zero attached hydrogens (tertiary/aromatic N) is 4. The number of halogens is 1. The van der Waals surface area contributed by atoms with Crippen LogP contribution in [0.4, 0.5) is 0 Å². The third-order valence-electron chi connectivity index (χ3n) is 3.22. The zero-order chi connectivity index (χ0) is 12.1. The second-order valence-corrected chi connectivity index (χ2v) is 6.14. The molecule has 3 aliphatic rings. The monoisotopic (exact) mass is 368 g/mol. The highest BCUT2D eigenvalue weighted by Crippen LogP contribution is 2.39. The maximum atomic E-state index is 4.73. The van der Waals surface area contributed by atoms with Crippen LogP contribution in [0.1, 0.15) is 6.04 Å². The van der Waals surface area contributed by atoms with Gasteiger partial charge in [0.1, 0.15) is 5.69 Å². The molecule has 0 aromatic heterocycles. The number of hydrogen-bond acceptors (Lipinski definition) is 4. The van der Waals surface area contributed by atoms with Crippen molar-refractivity contribution in [3.05, 3.63) is 24.3 Å². The molecular formula is C12H9IN4S. The van der Waals surface area contributed by atoms with E-state index in [0.29, 0.717) is 6.04 Å². The lowest BCUT2D eigenvalue weighted by Gasteiger charge is -2.13. The van der Waals surface area contributed by atoms with Crippen molar-refractivity contribution in [1.29, 1.82) is 0 Å². The highest BCUT2D eigenvalue weighted by Gasteiger charge is 2.29. The van der Waals surface area contributed by atoms with E-state index in [2.05, 4.69) is 43.4 Å². The predicted octanol–water partition coefficient (Wildman–Crippen LogP) is 3.01. The Bertz CT molecular complexity index is 711. The van der Waals surface area contributed by atoms with Gasteiger partial charge in [-0.3, -0.25) is 4.57 Å². The highest BCUT2D eigenvalue weighted by atomic mass is 127. The van der Waals surface area contributed by atoms with Gasteiger partial charge in [-0.2, -0.15) is 0 Å². The number of benzene rings is 1. The van der Waals surface area contributed by atoms with E-state index < -0.39 is 0 Å². The molecule has 18 heavy (non-hydrogen) atoms. The van der Waals surface area contributed by atoms with Crippen molar-refractivity contribution in [1.82, 2.24) is 19.7 Å². The van der Waals surface area contributed by atoms with Crippen molar-refractivity contribution in [2.45, 2.75) is 11.2 Å². The lowest BCUT2D eigenvalue weighted by molar-refractivity contribution is 0.559. The lowest BCUT2D eigenvalue weighted by atomic mass is 10.2. The summed E-state index contributed by atoms with van der Waals surface area (Å²) in [6, 6.07) is 8.61. The van der Waals surface area contributed by atoms with Gasteiger partial charge in [-0.1, -0.05) is 52.6 Å². The van der Waals surface area contributed by atoms with E-state index in [9.17, 15) is 0 Å². The molecule has 0 unspecified atom stereocenters. The van der Waals surface area contributed by atoms with E-state index >= 15 is 0 Å². The van der Waals surface area contributed by atoms with Crippen molar-refractivity contribution in [3.8, 4) is 11.5 Å². The van der Waals surface area contributed by atoms with Gasteiger partial charge >= 0.3 is 0 Å². The molecule has 0 N–H and O–H groups in total. The topological polar surface area (TPSA) is 43.6 Å². The summed E-state index contributed by atoms with van der Waals surface area (Å²) >= 11 is 4.20. The molecule has 0 bridgehead atoms. The summed E-state index contributed by atoms with van der Waals surface area (Å²) in [5.41, 5.74) is 1.93. The molecule has 1 atom stereocenters. The summed E-state index contributed by atoms with van der Waals surface area (Å²) in [6.45, 7) is 0. The molecule has 0 aliphatic carbocycles. The van der Waals surface area contributed by atoms with Crippen LogP contribution < -0.4 is 0 Å². The predicted molar refractivity (Wildman–Crippen MR) is 80.6 cm³/mol. The summed E-state index contributed by atoms with van der Waals surface area (Å²) in [6.07, 6.45) is 0. The van der Waals surface area contributed by atoms with Crippen LogP contribution in [-0.2, 0) is 0 Å². The first-order valence-electron chi connectivity index (χ1n) is 5.70. The molecule has 0 amide bonds. The lowest BCUT2D eigenvalue weighted by Crippen LogP contribution is -2.13. The molecule has 0 spiro atoms. The Morgan fingerprint density at radius 1 is 1.33 bits per heavy atom. The first-order chi connectivity index (χ1) is 8.88. The maximum Gasteiger partial charge on any atom is 0.191 e. The SMILES string of the molecule is IC[C@@H]1CSc2nnc3c4ccccc4nc-3n21. The summed E-state index contributed by atoms with van der Waals surface area (Å²) in [7, 11) is 0. The average molecular weight is 368 g/mol. The molecule has 0 fully saturated rings. The third-order valence-corrected chi connectivity index (χ3v) is 5.32. The Morgan fingerprint density at radius 3 is 3.11 bits per heavy atom. The minimum Gasteiger partial charge on any atom is -0.297 e. The molecule has 0 radical (unpaired) electrons. The fourth-order valence-corrected chi connectivity index (χ4v) is 4.55. The Hall–Kier alpha value is -0.890. The van der Waals surface area contributed by atoms with Gasteiger partial charge in [0.05, 0.1) is 11.6 Å². The molecule has 90 valence electrons. The quantitative estimate of drug-likeness (QED) is 0.489. The fraction of sp³-hybridized carbons (Fsp3) is 0.250. The van der Waals surface area contributed by atoms with Crippen LogP contribution in [0.2, 0.25) is 0 Å². The number of alkyl halides is 1. The van der Waals surface area contributed by atoms with Crippen LogP contribution in [0.5, 0.6) is 0 Å². The molecule has 1 aromatic carbocycles. The van der Waals surface area contributed by atoms with Crippen LogP contribution >= 0.6 is 34.4 Å². The minimum absolute atomic E-state index is 0.480. The number of aromatic nitrogens is 4. The van der Waals surface area contributed by atoms with Crippen LogP contribution in [0.3, 0.4) is 0 Å². The first kappa shape index (κ1) is 11.0. The van der Waals surface area contributed by atoms with E-state index in [1.54, 1.807) is 11.8 Å². The zero-order valence-electron chi connectivity index (χ0n) is 9.38. The summed E-state index contributed by atoms with van der Waals surface area (Å²) < 4.78 is 3.33. The van der Waals surface area contributed by atoms with Crippen molar-refractivity contribution in [3.63, 3.8) is 0 Å². The molecule has 3 heterocycles. The smallest absolute Gasteiger partial charge is 0.191 e. The van der Waals surface area contributed by atoms with Gasteiger partial charge in [0, 0.05) is 15.6 Å². The maximum absolute atomic E-state index is 4.73.